The van der Waals surface area contributed by atoms with Crippen molar-refractivity contribution in [2.45, 2.75) is 6.04 Å². The smallest absolute Gasteiger partial charge is 0.120 e. The Kier molecular flexibility index (Phi) is 21.6. The zero-order valence-corrected chi connectivity index (χ0v) is 46.0. The summed E-state index contributed by atoms with van der Waals surface area (Å²) in [5.41, 5.74) is 10.8. The number of benzene rings is 4. The molecular formula is C64H70N4O12. The minimum absolute atomic E-state index is 0.365. The molecule has 1 unspecified atom stereocenters. The molecule has 0 saturated heterocycles. The Bertz CT molecular complexity index is 3280. The highest BCUT2D eigenvalue weighted by Gasteiger charge is 2.28. The van der Waals surface area contributed by atoms with E-state index >= 15 is 0 Å². The quantitative estimate of drug-likeness (QED) is 0.0416. The molecule has 16 nitrogen and oxygen atoms in total. The first-order valence-electron chi connectivity index (χ1n) is 27.0. The van der Waals surface area contributed by atoms with Gasteiger partial charge in [-0.15, -0.1) is 0 Å². The van der Waals surface area contributed by atoms with Crippen LogP contribution in [0.5, 0.6) is 23.0 Å². The maximum absolute atomic E-state index is 6.27. The van der Waals surface area contributed by atoms with Gasteiger partial charge in [0.25, 0.3) is 0 Å². The fourth-order valence-electron chi connectivity index (χ4n) is 9.31. The molecule has 5 heterocycles. The summed E-state index contributed by atoms with van der Waals surface area (Å²) in [5.74, 6) is 2.77. The van der Waals surface area contributed by atoms with Crippen molar-refractivity contribution in [1.29, 1.82) is 0 Å². The summed E-state index contributed by atoms with van der Waals surface area (Å²) in [4.78, 5) is 20.5. The number of H-pyrrole nitrogens is 1. The van der Waals surface area contributed by atoms with Crippen LogP contribution in [0.2, 0.25) is 0 Å². The molecule has 4 aliphatic rings. The van der Waals surface area contributed by atoms with Crippen molar-refractivity contribution < 1.29 is 56.8 Å². The van der Waals surface area contributed by atoms with Crippen molar-refractivity contribution in [3.05, 3.63) is 190 Å². The molecule has 418 valence electrons. The largest absolute Gasteiger partial charge is 0.491 e. The number of methoxy groups -OCH3 is 4. The molecule has 0 fully saturated rings. The van der Waals surface area contributed by atoms with Gasteiger partial charge in [-0.05, 0) is 113 Å². The maximum atomic E-state index is 6.27. The zero-order chi connectivity index (χ0) is 55.1. The Balaban J connectivity index is 1.21. The number of fused-ring (bicyclic) bond motifs is 5. The standard InChI is InChI=1S/C64H70N4O12/c1-69-25-29-73-33-37-77-49-13-5-9-45(41-49)61-53-17-19-55(65-53)62(46-10-6-14-50(42-46)78-38-34-74-30-26-70-2)57-21-23-59(67-57)64(48-12-8-16-52(44-48)80-40-36-76-32-28-72-4)60-24-22-58(68-60)63(56-20-18-54(61)66-56)47-11-7-15-51(43-47)79-39-35-75-31-27-71-3/h5-24,41-44,53,68H,25-40H2,1-4H3/b61-54-,62-57-,63-58-,64-60-. The number of rotatable bonds is 32. The van der Waals surface area contributed by atoms with E-state index < -0.39 is 6.04 Å². The highest BCUT2D eigenvalue weighted by atomic mass is 16.6. The molecular weight excluding hydrogens is 1020 g/mol. The van der Waals surface area contributed by atoms with Gasteiger partial charge in [0.1, 0.15) is 49.4 Å². The van der Waals surface area contributed by atoms with Crippen LogP contribution in [0.25, 0.3) is 22.3 Å². The van der Waals surface area contributed by atoms with Crippen molar-refractivity contribution in [2.24, 2.45) is 15.0 Å². The summed E-state index contributed by atoms with van der Waals surface area (Å²) >= 11 is 0. The second-order valence-corrected chi connectivity index (χ2v) is 18.5. The van der Waals surface area contributed by atoms with Gasteiger partial charge in [0, 0.05) is 61.4 Å². The van der Waals surface area contributed by atoms with E-state index in [0.717, 1.165) is 83.8 Å². The SMILES string of the molecule is COCCOCCOc1cccc(/C2=C3\C=CC(=N3)/C(c3cccc(OCCOCCOC)c3)=c3/cc/c([nH]3)=C(\c3cccc(OCCOCCOC)c3)C3=N/C(=C(/c4cccc(OCCOCCOC)c4)C4C=CC2=N4)C=C3)c1. The van der Waals surface area contributed by atoms with Crippen molar-refractivity contribution in [3.8, 4) is 23.0 Å². The number of nitrogens with zero attached hydrogens (tertiary/aromatic N) is 3. The normalized spacial score (nSPS) is 18.6. The van der Waals surface area contributed by atoms with Crippen LogP contribution < -0.4 is 29.6 Å². The Morgan fingerprint density at radius 1 is 0.362 bits per heavy atom. The average Bonchev–Trinajstić information content (AvgIpc) is 4.42. The van der Waals surface area contributed by atoms with Crippen molar-refractivity contribution in [3.63, 3.8) is 0 Å². The highest BCUT2D eigenvalue weighted by molar-refractivity contribution is 6.35. The number of hydrogen-bond donors (Lipinski definition) is 1. The van der Waals surface area contributed by atoms with Gasteiger partial charge in [-0.1, -0.05) is 54.6 Å². The van der Waals surface area contributed by atoms with Gasteiger partial charge >= 0.3 is 0 Å². The molecule has 16 heteroatoms. The molecule has 1 N–H and O–H groups in total. The van der Waals surface area contributed by atoms with Crippen LogP contribution in [0.15, 0.2) is 172 Å². The van der Waals surface area contributed by atoms with E-state index in [1.165, 1.54) is 0 Å². The molecule has 0 saturated carbocycles. The van der Waals surface area contributed by atoms with Gasteiger partial charge in [0.15, 0.2) is 0 Å². The Morgan fingerprint density at radius 2 is 0.738 bits per heavy atom. The Labute approximate surface area is 467 Å². The minimum Gasteiger partial charge on any atom is -0.491 e. The van der Waals surface area contributed by atoms with E-state index in [1.807, 2.05) is 72.8 Å². The fourth-order valence-corrected chi connectivity index (χ4v) is 9.31. The van der Waals surface area contributed by atoms with Gasteiger partial charge in [-0.3, -0.25) is 4.99 Å². The topological polar surface area (TPSA) is 164 Å². The van der Waals surface area contributed by atoms with E-state index in [4.69, 9.17) is 71.8 Å². The van der Waals surface area contributed by atoms with E-state index in [0.29, 0.717) is 129 Å². The van der Waals surface area contributed by atoms with Crippen LogP contribution in [0, 0.1) is 0 Å². The number of aromatic nitrogens is 1. The van der Waals surface area contributed by atoms with Crippen LogP contribution >= 0.6 is 0 Å². The molecule has 1 aromatic heterocycles. The van der Waals surface area contributed by atoms with E-state index in [9.17, 15) is 0 Å². The number of allylic oxidation sites excluding steroid dienone is 6. The summed E-state index contributed by atoms with van der Waals surface area (Å²) in [7, 11) is 6.62. The lowest BCUT2D eigenvalue weighted by molar-refractivity contribution is 0.0544. The van der Waals surface area contributed by atoms with Gasteiger partial charge in [-0.25, -0.2) is 9.98 Å². The van der Waals surface area contributed by atoms with E-state index in [-0.39, 0.29) is 0 Å². The molecule has 0 radical (unpaired) electrons. The van der Waals surface area contributed by atoms with Crippen molar-refractivity contribution in [2.75, 3.05) is 134 Å². The van der Waals surface area contributed by atoms with E-state index in [1.54, 1.807) is 28.4 Å². The lowest BCUT2D eigenvalue weighted by Gasteiger charge is -2.16. The van der Waals surface area contributed by atoms with Gasteiger partial charge in [-0.2, -0.15) is 0 Å². The fraction of sp³-hybridized carbons (Fsp3) is 0.328. The van der Waals surface area contributed by atoms with Gasteiger partial charge in [0.2, 0.25) is 0 Å². The number of aliphatic imine (C=N–C) groups is 3. The molecule has 5 aromatic rings. The lowest BCUT2D eigenvalue weighted by Crippen LogP contribution is -2.21. The summed E-state index contributed by atoms with van der Waals surface area (Å²) in [6.07, 6.45) is 12.5. The molecule has 4 aliphatic heterocycles. The molecule has 9 rings (SSSR count). The molecule has 0 spiro atoms. The second kappa shape index (κ2) is 30.2. The van der Waals surface area contributed by atoms with Crippen molar-refractivity contribution in [1.82, 2.24) is 4.98 Å². The summed E-state index contributed by atoms with van der Waals surface area (Å²) in [5, 5.41) is 1.67. The number of hydrogen-bond acceptors (Lipinski definition) is 15. The molecule has 8 bridgehead atoms. The van der Waals surface area contributed by atoms with Gasteiger partial charge < -0.3 is 61.8 Å². The Hall–Kier alpha value is -7.51. The third-order valence-corrected chi connectivity index (χ3v) is 13.0. The predicted molar refractivity (Wildman–Crippen MR) is 311 cm³/mol. The van der Waals surface area contributed by atoms with Crippen LogP contribution in [0.4, 0.5) is 0 Å². The third-order valence-electron chi connectivity index (χ3n) is 13.0. The van der Waals surface area contributed by atoms with Crippen LogP contribution in [-0.2, 0) is 37.9 Å². The first-order chi connectivity index (χ1) is 39.5. The predicted octanol–water partition coefficient (Wildman–Crippen LogP) is 7.82. The third kappa shape index (κ3) is 15.4. The zero-order valence-electron chi connectivity index (χ0n) is 46.0. The Morgan fingerprint density at radius 3 is 1.18 bits per heavy atom. The maximum Gasteiger partial charge on any atom is 0.120 e. The molecule has 1 atom stereocenters. The molecule has 0 amide bonds. The van der Waals surface area contributed by atoms with Crippen LogP contribution in [0.1, 0.15) is 22.3 Å². The van der Waals surface area contributed by atoms with Crippen molar-refractivity contribution >= 4 is 39.4 Å². The monoisotopic (exact) mass is 1090 g/mol. The number of nitrogens with one attached hydrogen (secondary N) is 1. The van der Waals surface area contributed by atoms with E-state index in [2.05, 4.69) is 77.8 Å². The summed E-state index contributed by atoms with van der Waals surface area (Å²) in [6.45, 7) is 7.13. The lowest BCUT2D eigenvalue weighted by atomic mass is 9.96. The summed E-state index contributed by atoms with van der Waals surface area (Å²) < 4.78 is 68.6. The summed E-state index contributed by atoms with van der Waals surface area (Å²) in [6, 6.07) is 36.0. The average molecular weight is 1090 g/mol. The second-order valence-electron chi connectivity index (χ2n) is 18.5. The number of ether oxygens (including phenoxy) is 12. The first-order valence-corrected chi connectivity index (χ1v) is 27.0. The molecule has 80 heavy (non-hydrogen) atoms. The van der Waals surface area contributed by atoms with Crippen LogP contribution in [0.3, 0.4) is 0 Å². The highest BCUT2D eigenvalue weighted by Crippen LogP contribution is 2.38. The number of aromatic amines is 1. The molecule has 4 aromatic carbocycles. The first kappa shape index (κ1) is 57.2. The molecule has 0 aliphatic carbocycles. The minimum atomic E-state index is -0.458. The van der Waals surface area contributed by atoms with Crippen LogP contribution in [-0.4, -0.2) is 162 Å². The van der Waals surface area contributed by atoms with Gasteiger partial charge in [0.05, 0.1) is 114 Å².